The van der Waals surface area contributed by atoms with Crippen molar-refractivity contribution in [2.75, 3.05) is 18.8 Å². The maximum absolute atomic E-state index is 14.8. The van der Waals surface area contributed by atoms with Gasteiger partial charge in [-0.25, -0.2) is 22.9 Å². The number of benzene rings is 2. The summed E-state index contributed by atoms with van der Waals surface area (Å²) in [4.78, 5) is 8.39. The van der Waals surface area contributed by atoms with Gasteiger partial charge in [0.2, 0.25) is 5.95 Å². The van der Waals surface area contributed by atoms with Crippen LogP contribution < -0.4 is 5.73 Å². The molecular formula is C20H16FN5OS. The molecule has 0 amide bonds. The van der Waals surface area contributed by atoms with Crippen molar-refractivity contribution >= 4 is 16.9 Å². The molecule has 1 unspecified atom stereocenters. The van der Waals surface area contributed by atoms with Crippen molar-refractivity contribution in [2.24, 2.45) is 5.92 Å². The third-order valence-electron chi connectivity index (χ3n) is 4.60. The minimum absolute atomic E-state index is 0.0880. The average Bonchev–Trinajstić information content (AvgIpc) is 2.68. The monoisotopic (exact) mass is 393 g/mol. The van der Waals surface area contributed by atoms with E-state index in [-0.39, 0.29) is 11.9 Å². The van der Waals surface area contributed by atoms with Crippen LogP contribution in [-0.2, 0) is 11.0 Å². The van der Waals surface area contributed by atoms with Gasteiger partial charge in [0.15, 0.2) is 0 Å². The van der Waals surface area contributed by atoms with Crippen LogP contribution in [0.3, 0.4) is 0 Å². The summed E-state index contributed by atoms with van der Waals surface area (Å²) in [6, 6.07) is 14.2. The molecule has 0 spiro atoms. The van der Waals surface area contributed by atoms with E-state index >= 15 is 0 Å². The fourth-order valence-electron chi connectivity index (χ4n) is 3.05. The number of nitrogen functional groups attached to an aromatic ring is 1. The molecule has 8 heteroatoms. The summed E-state index contributed by atoms with van der Waals surface area (Å²) >= 11 is 0. The van der Waals surface area contributed by atoms with Gasteiger partial charge in [0.1, 0.15) is 16.8 Å². The number of halogens is 1. The Hall–Kier alpha value is -3.15. The molecule has 4 rings (SSSR count). The first-order chi connectivity index (χ1) is 13.6. The lowest BCUT2D eigenvalue weighted by atomic mass is 10.0. The molecule has 1 aromatic heterocycles. The first-order valence-electron chi connectivity index (χ1n) is 8.60. The number of anilines is 1. The van der Waals surface area contributed by atoms with Crippen molar-refractivity contribution in [3.63, 3.8) is 0 Å². The van der Waals surface area contributed by atoms with Gasteiger partial charge in [-0.05, 0) is 23.3 Å². The van der Waals surface area contributed by atoms with Crippen LogP contribution in [0.1, 0.15) is 0 Å². The normalized spacial score (nSPS) is 15.6. The molecule has 2 N–H and O–H groups in total. The van der Waals surface area contributed by atoms with Gasteiger partial charge in [0.05, 0.1) is 16.9 Å². The first-order valence-corrected chi connectivity index (χ1v) is 9.71. The maximum Gasteiger partial charge on any atom is 0.219 e. The summed E-state index contributed by atoms with van der Waals surface area (Å²) in [5, 5.41) is 8.92. The predicted octanol–water partition coefficient (Wildman–Crippen LogP) is 3.01. The maximum atomic E-state index is 14.8. The number of aromatic nitrogens is 2. The molecule has 140 valence electrons. The zero-order valence-corrected chi connectivity index (χ0v) is 15.6. The number of nitrogens with zero attached hydrogens (tertiary/aromatic N) is 4. The number of hydrogen-bond acceptors (Lipinski definition) is 5. The van der Waals surface area contributed by atoms with Crippen molar-refractivity contribution in [2.45, 2.75) is 4.90 Å². The predicted molar refractivity (Wildman–Crippen MR) is 104 cm³/mol. The highest BCUT2D eigenvalue weighted by atomic mass is 32.2. The van der Waals surface area contributed by atoms with Crippen LogP contribution in [0.2, 0.25) is 0 Å². The fourth-order valence-corrected chi connectivity index (χ4v) is 4.52. The van der Waals surface area contributed by atoms with Gasteiger partial charge >= 0.3 is 0 Å². The Morgan fingerprint density at radius 2 is 1.82 bits per heavy atom. The Morgan fingerprint density at radius 1 is 1.11 bits per heavy atom. The smallest absolute Gasteiger partial charge is 0.219 e. The molecule has 1 aliphatic heterocycles. The van der Waals surface area contributed by atoms with Crippen LogP contribution in [-0.4, -0.2) is 31.6 Å². The number of rotatable bonds is 4. The minimum Gasteiger partial charge on any atom is -0.368 e. The van der Waals surface area contributed by atoms with Crippen molar-refractivity contribution in [3.05, 3.63) is 60.7 Å². The van der Waals surface area contributed by atoms with Gasteiger partial charge in [0.25, 0.3) is 0 Å². The molecule has 0 radical (unpaired) electrons. The summed E-state index contributed by atoms with van der Waals surface area (Å²) in [6.07, 6.45) is 2.94. The molecule has 1 aliphatic rings. The highest BCUT2D eigenvalue weighted by Crippen LogP contribution is 2.32. The van der Waals surface area contributed by atoms with Crippen molar-refractivity contribution in [1.29, 1.82) is 5.26 Å². The summed E-state index contributed by atoms with van der Waals surface area (Å²) in [5.74, 6) is -0.392. The van der Waals surface area contributed by atoms with Crippen LogP contribution in [0.25, 0.3) is 22.3 Å². The molecule has 3 aromatic rings. The fraction of sp³-hybridized carbons (Fsp3) is 0.150. The molecule has 2 aromatic carbocycles. The zero-order valence-electron chi connectivity index (χ0n) is 14.7. The van der Waals surface area contributed by atoms with Crippen LogP contribution >= 0.6 is 0 Å². The molecule has 0 aliphatic carbocycles. The van der Waals surface area contributed by atoms with Crippen LogP contribution in [0.4, 0.5) is 10.3 Å². The largest absolute Gasteiger partial charge is 0.368 e. The van der Waals surface area contributed by atoms with Crippen molar-refractivity contribution in [1.82, 2.24) is 14.3 Å². The standard InChI is InChI=1S/C20H16FN5OS/c21-18-7-14(5-6-16(18)15-9-24-20(23)25-10-15)17-3-1-2-4-19(17)28(27)26-11-13(8-22)12-26/h1-7,9-10,13H,11-12H2,(H2,23,24,25). The van der Waals surface area contributed by atoms with E-state index in [4.69, 9.17) is 11.0 Å². The lowest BCUT2D eigenvalue weighted by molar-refractivity contribution is 0.262. The zero-order chi connectivity index (χ0) is 19.7. The van der Waals surface area contributed by atoms with E-state index in [9.17, 15) is 8.60 Å². The Bertz CT molecular complexity index is 1090. The van der Waals surface area contributed by atoms with E-state index in [0.29, 0.717) is 40.2 Å². The van der Waals surface area contributed by atoms with Crippen LogP contribution in [0.15, 0.2) is 59.8 Å². The number of nitriles is 1. The van der Waals surface area contributed by atoms with Gasteiger partial charge in [-0.15, -0.1) is 0 Å². The van der Waals surface area contributed by atoms with E-state index in [1.165, 1.54) is 18.5 Å². The van der Waals surface area contributed by atoms with Gasteiger partial charge in [-0.1, -0.05) is 30.3 Å². The second-order valence-corrected chi connectivity index (χ2v) is 7.90. The molecule has 0 bridgehead atoms. The molecule has 1 saturated heterocycles. The van der Waals surface area contributed by atoms with Crippen molar-refractivity contribution in [3.8, 4) is 28.3 Å². The number of nitrogens with two attached hydrogens (primary N) is 1. The summed E-state index contributed by atoms with van der Waals surface area (Å²) in [7, 11) is -1.40. The topological polar surface area (TPSA) is 95.9 Å². The van der Waals surface area contributed by atoms with Crippen LogP contribution in [0.5, 0.6) is 0 Å². The molecule has 28 heavy (non-hydrogen) atoms. The third kappa shape index (κ3) is 3.38. The Labute approximate surface area is 164 Å². The van der Waals surface area contributed by atoms with Gasteiger partial charge in [-0.2, -0.15) is 5.26 Å². The second-order valence-electron chi connectivity index (χ2n) is 6.44. The SMILES string of the molecule is N#CC1CN(S(=O)c2ccccc2-c2ccc(-c3cnc(N)nc3)c(F)c2)C1. The van der Waals surface area contributed by atoms with E-state index in [0.717, 1.165) is 0 Å². The lowest BCUT2D eigenvalue weighted by Gasteiger charge is -2.33. The van der Waals surface area contributed by atoms with Crippen molar-refractivity contribution < 1.29 is 8.60 Å². The Balaban J connectivity index is 1.67. The lowest BCUT2D eigenvalue weighted by Crippen LogP contribution is -2.46. The quantitative estimate of drug-likeness (QED) is 0.735. The number of hydrogen-bond donors (Lipinski definition) is 1. The first kappa shape index (κ1) is 18.2. The summed E-state index contributed by atoms with van der Waals surface area (Å²) in [6.45, 7) is 0.948. The third-order valence-corrected chi connectivity index (χ3v) is 6.10. The van der Waals surface area contributed by atoms with E-state index < -0.39 is 16.8 Å². The molecule has 1 atom stereocenters. The summed E-state index contributed by atoms with van der Waals surface area (Å²) in [5.41, 5.74) is 7.69. The van der Waals surface area contributed by atoms with Gasteiger partial charge < -0.3 is 5.73 Å². The van der Waals surface area contributed by atoms with E-state index in [2.05, 4.69) is 16.0 Å². The second kappa shape index (κ2) is 7.46. The van der Waals surface area contributed by atoms with Gasteiger partial charge in [0, 0.05) is 36.6 Å². The molecule has 0 saturated carbocycles. The molecular weight excluding hydrogens is 377 g/mol. The highest BCUT2D eigenvalue weighted by molar-refractivity contribution is 7.82. The highest BCUT2D eigenvalue weighted by Gasteiger charge is 2.32. The Morgan fingerprint density at radius 3 is 2.50 bits per heavy atom. The molecule has 2 heterocycles. The van der Waals surface area contributed by atoms with Crippen LogP contribution in [0, 0.1) is 23.1 Å². The molecule has 1 fully saturated rings. The molecule has 6 nitrogen and oxygen atoms in total. The Kier molecular flexibility index (Phi) is 4.86. The van der Waals surface area contributed by atoms with Gasteiger partial charge in [-0.3, -0.25) is 0 Å². The average molecular weight is 393 g/mol. The van der Waals surface area contributed by atoms with E-state index in [1.807, 2.05) is 12.1 Å². The summed E-state index contributed by atoms with van der Waals surface area (Å²) < 4.78 is 29.4. The van der Waals surface area contributed by atoms with E-state index in [1.54, 1.807) is 28.6 Å². The minimum atomic E-state index is -1.40.